The average molecular weight is 229 g/mol. The Morgan fingerprint density at radius 2 is 2.12 bits per heavy atom. The summed E-state index contributed by atoms with van der Waals surface area (Å²) < 4.78 is 42.1. The topological polar surface area (TPSA) is 21.3 Å². The maximum atomic E-state index is 12.4. The van der Waals surface area contributed by atoms with Gasteiger partial charge in [0.2, 0.25) is 0 Å². The summed E-state index contributed by atoms with van der Waals surface area (Å²) in [4.78, 5) is 0. The zero-order valence-corrected chi connectivity index (χ0v) is 9.19. The molecular formula is C9H12B2F3NO. The fourth-order valence-electron chi connectivity index (χ4n) is 1.38. The normalized spacial score (nSPS) is 11.2. The Labute approximate surface area is 93.9 Å². The molecule has 0 heterocycles. The molecule has 0 bridgehead atoms. The van der Waals surface area contributed by atoms with Crippen molar-refractivity contribution in [3.05, 3.63) is 29.3 Å². The number of benzene rings is 1. The first kappa shape index (κ1) is 13.0. The highest BCUT2D eigenvalue weighted by Gasteiger charge is 2.30. The number of rotatable bonds is 4. The lowest BCUT2D eigenvalue weighted by Crippen LogP contribution is -2.12. The second-order valence-electron chi connectivity index (χ2n) is 3.33. The van der Waals surface area contributed by atoms with E-state index in [-0.39, 0.29) is 7.62 Å². The first-order valence-electron chi connectivity index (χ1n) is 4.92. The van der Waals surface area contributed by atoms with Gasteiger partial charge in [-0.15, -0.1) is 0 Å². The molecule has 0 amide bonds. The predicted octanol–water partition coefficient (Wildman–Crippen LogP) is 1.16. The van der Waals surface area contributed by atoms with Crippen LogP contribution in [0.4, 0.5) is 18.9 Å². The molecule has 1 aromatic carbocycles. The maximum absolute atomic E-state index is 12.4. The van der Waals surface area contributed by atoms with E-state index in [4.69, 9.17) is 4.65 Å². The van der Waals surface area contributed by atoms with Crippen LogP contribution in [0.15, 0.2) is 18.2 Å². The van der Waals surface area contributed by atoms with Crippen LogP contribution < -0.4 is 5.23 Å². The van der Waals surface area contributed by atoms with Gasteiger partial charge >= 0.3 is 13.8 Å². The minimum absolute atomic E-state index is 0.276. The van der Waals surface area contributed by atoms with Crippen LogP contribution in [0.25, 0.3) is 0 Å². The fourth-order valence-corrected chi connectivity index (χ4v) is 1.38. The molecule has 0 saturated heterocycles. The number of hydrogen-bond acceptors (Lipinski definition) is 2. The fraction of sp³-hybridized carbons (Fsp3) is 0.333. The molecule has 1 aromatic rings. The number of hydrogen-bond donors (Lipinski definition) is 1. The van der Waals surface area contributed by atoms with Gasteiger partial charge in [0.15, 0.2) is 0 Å². The molecule has 0 atom stereocenters. The van der Waals surface area contributed by atoms with E-state index in [9.17, 15) is 13.2 Å². The van der Waals surface area contributed by atoms with Crippen LogP contribution in [0.3, 0.4) is 0 Å². The Morgan fingerprint density at radius 1 is 1.44 bits per heavy atom. The minimum atomic E-state index is -4.29. The van der Waals surface area contributed by atoms with Crippen molar-refractivity contribution in [1.82, 2.24) is 0 Å². The zero-order chi connectivity index (χ0) is 12.2. The van der Waals surface area contributed by atoms with E-state index < -0.39 is 11.7 Å². The highest BCUT2D eigenvalue weighted by atomic mass is 19.4. The predicted molar refractivity (Wildman–Crippen MR) is 61.5 cm³/mol. The Kier molecular flexibility index (Phi) is 4.29. The minimum Gasteiger partial charge on any atom is -0.422 e. The van der Waals surface area contributed by atoms with E-state index in [2.05, 4.69) is 5.23 Å². The lowest BCUT2D eigenvalue weighted by molar-refractivity contribution is -0.137. The van der Waals surface area contributed by atoms with Gasteiger partial charge in [0.05, 0.1) is 5.56 Å². The molecule has 1 rings (SSSR count). The van der Waals surface area contributed by atoms with E-state index in [0.717, 1.165) is 12.1 Å². The van der Waals surface area contributed by atoms with Crippen molar-refractivity contribution in [3.63, 3.8) is 0 Å². The quantitative estimate of drug-likeness (QED) is 0.782. The summed E-state index contributed by atoms with van der Waals surface area (Å²) >= 11 is 0. The van der Waals surface area contributed by atoms with Gasteiger partial charge < -0.3 is 9.88 Å². The van der Waals surface area contributed by atoms with Crippen LogP contribution in [0.5, 0.6) is 0 Å². The van der Waals surface area contributed by atoms with Gasteiger partial charge in [-0.1, -0.05) is 6.32 Å². The van der Waals surface area contributed by atoms with Crippen LogP contribution in [0.2, 0.25) is 0 Å². The van der Waals surface area contributed by atoms with Crippen LogP contribution in [-0.2, 0) is 17.2 Å². The first-order valence-corrected chi connectivity index (χ1v) is 4.92. The van der Waals surface area contributed by atoms with Gasteiger partial charge in [-0.3, -0.25) is 0 Å². The smallest absolute Gasteiger partial charge is 0.416 e. The summed E-state index contributed by atoms with van der Waals surface area (Å²) in [5, 5.41) is 2.90. The van der Waals surface area contributed by atoms with Crippen LogP contribution in [0, 0.1) is 0 Å². The van der Waals surface area contributed by atoms with Crippen molar-refractivity contribution in [3.8, 4) is 0 Å². The van der Waals surface area contributed by atoms with Crippen molar-refractivity contribution < 1.29 is 17.8 Å². The highest BCUT2D eigenvalue weighted by molar-refractivity contribution is 6.32. The molecule has 16 heavy (non-hydrogen) atoms. The summed E-state index contributed by atoms with van der Waals surface area (Å²) in [6, 6.07) is 3.66. The molecule has 0 unspecified atom stereocenters. The molecule has 0 spiro atoms. The number of nitrogens with one attached hydrogen (secondary N) is 1. The third kappa shape index (κ3) is 3.20. The molecule has 1 N–H and O–H groups in total. The van der Waals surface area contributed by atoms with Crippen LogP contribution in [-0.4, -0.2) is 22.6 Å². The number of anilines is 1. The Balaban J connectivity index is 2.97. The third-order valence-electron chi connectivity index (χ3n) is 2.22. The molecule has 0 aliphatic heterocycles. The molecule has 0 radical (unpaired) electrons. The third-order valence-corrected chi connectivity index (χ3v) is 2.22. The van der Waals surface area contributed by atoms with E-state index in [1.54, 1.807) is 0 Å². The van der Waals surface area contributed by atoms with Crippen molar-refractivity contribution >= 4 is 21.2 Å². The van der Waals surface area contributed by atoms with E-state index in [0.29, 0.717) is 17.6 Å². The van der Waals surface area contributed by atoms with E-state index in [1.165, 1.54) is 13.2 Å². The Hall–Kier alpha value is -1.10. The molecule has 2 nitrogen and oxygen atoms in total. The molecule has 0 aliphatic rings. The second kappa shape index (κ2) is 5.30. The first-order chi connectivity index (χ1) is 7.49. The van der Waals surface area contributed by atoms with Gasteiger partial charge in [0.25, 0.3) is 0 Å². The molecular weight excluding hydrogens is 217 g/mol. The lowest BCUT2D eigenvalue weighted by atomic mass is 9.93. The number of halogens is 3. The second-order valence-corrected chi connectivity index (χ2v) is 3.33. The largest absolute Gasteiger partial charge is 0.422 e. The molecule has 0 saturated carbocycles. The standard InChI is InChI=1S/C9H12B2F3NO/c1-16-11-15-8-3-2-7(9(12,13)14)4-6(8)5-10/h2-4,11,15H,5,10H2,1H3. The van der Waals surface area contributed by atoms with Crippen LogP contribution in [0.1, 0.15) is 11.1 Å². The molecule has 7 heteroatoms. The molecule has 0 fully saturated rings. The van der Waals surface area contributed by atoms with Gasteiger partial charge in [-0.25, -0.2) is 0 Å². The van der Waals surface area contributed by atoms with Crippen molar-refractivity contribution in [2.75, 3.05) is 12.3 Å². The summed E-state index contributed by atoms with van der Waals surface area (Å²) in [5.41, 5.74) is 0.691. The molecule has 0 aromatic heterocycles. The van der Waals surface area contributed by atoms with Gasteiger partial charge in [-0.05, 0) is 23.8 Å². The Morgan fingerprint density at radius 3 is 2.62 bits per heavy atom. The van der Waals surface area contributed by atoms with Crippen molar-refractivity contribution in [2.24, 2.45) is 0 Å². The summed E-state index contributed by atoms with van der Waals surface area (Å²) in [6.07, 6.45) is -3.75. The SMILES string of the molecule is BCc1cc(C(F)(F)F)ccc1NBOC. The summed E-state index contributed by atoms with van der Waals surface area (Å²) in [5.74, 6) is 0. The van der Waals surface area contributed by atoms with Crippen molar-refractivity contribution in [1.29, 1.82) is 0 Å². The summed E-state index contributed by atoms with van der Waals surface area (Å²) in [7, 11) is 3.61. The molecule has 86 valence electrons. The van der Waals surface area contributed by atoms with Gasteiger partial charge in [-0.2, -0.15) is 13.2 Å². The number of alkyl halides is 3. The zero-order valence-electron chi connectivity index (χ0n) is 9.19. The van der Waals surface area contributed by atoms with Gasteiger partial charge in [0, 0.05) is 12.8 Å². The van der Waals surface area contributed by atoms with E-state index in [1.807, 2.05) is 7.85 Å². The van der Waals surface area contributed by atoms with Gasteiger partial charge in [0.1, 0.15) is 7.85 Å². The lowest BCUT2D eigenvalue weighted by Gasteiger charge is -2.13. The van der Waals surface area contributed by atoms with Crippen molar-refractivity contribution in [2.45, 2.75) is 12.5 Å². The Bertz CT molecular complexity index is 357. The monoisotopic (exact) mass is 229 g/mol. The highest BCUT2D eigenvalue weighted by Crippen LogP contribution is 2.31. The van der Waals surface area contributed by atoms with E-state index >= 15 is 0 Å². The molecule has 0 aliphatic carbocycles. The van der Waals surface area contributed by atoms with Crippen LogP contribution >= 0.6 is 0 Å². The summed E-state index contributed by atoms with van der Waals surface area (Å²) in [6.45, 7) is 0. The maximum Gasteiger partial charge on any atom is 0.416 e. The average Bonchev–Trinajstić information content (AvgIpc) is 2.24.